The number of ketones is 1. The van der Waals surface area contributed by atoms with Crippen LogP contribution in [0.25, 0.3) is 0 Å². The summed E-state index contributed by atoms with van der Waals surface area (Å²) in [7, 11) is 1.83. The first-order valence-corrected chi connectivity index (χ1v) is 6.63. The first-order valence-electron chi connectivity index (χ1n) is 6.26. The molecule has 1 aromatic rings. The van der Waals surface area contributed by atoms with E-state index >= 15 is 0 Å². The third kappa shape index (κ3) is 4.15. The molecule has 0 saturated carbocycles. The molecule has 0 spiro atoms. The van der Waals surface area contributed by atoms with E-state index in [2.05, 4.69) is 12.0 Å². The molecule has 1 heterocycles. The van der Waals surface area contributed by atoms with Gasteiger partial charge in [0.2, 0.25) is 0 Å². The highest BCUT2D eigenvalue weighted by Gasteiger charge is 2.14. The van der Waals surface area contributed by atoms with E-state index in [-0.39, 0.29) is 5.78 Å². The fourth-order valence-electron chi connectivity index (χ4n) is 1.90. The second kappa shape index (κ2) is 6.80. The van der Waals surface area contributed by atoms with Gasteiger partial charge in [-0.3, -0.25) is 9.48 Å². The number of hydrogen-bond acceptors (Lipinski definition) is 2. The quantitative estimate of drug-likeness (QED) is 0.701. The summed E-state index contributed by atoms with van der Waals surface area (Å²) < 4.78 is 1.71. The number of carbonyl (C=O) groups is 1. The molecule has 0 radical (unpaired) electrons. The second-order valence-electron chi connectivity index (χ2n) is 4.50. The van der Waals surface area contributed by atoms with Crippen LogP contribution in [-0.4, -0.2) is 15.6 Å². The minimum atomic E-state index is 0.256. The molecule has 0 aliphatic rings. The van der Waals surface area contributed by atoms with Gasteiger partial charge in [-0.25, -0.2) is 0 Å². The zero-order valence-electron chi connectivity index (χ0n) is 10.9. The Morgan fingerprint density at radius 3 is 2.59 bits per heavy atom. The van der Waals surface area contributed by atoms with Crippen LogP contribution in [0.15, 0.2) is 0 Å². The van der Waals surface area contributed by atoms with Crippen LogP contribution < -0.4 is 0 Å². The normalized spacial score (nSPS) is 10.8. The molecule has 4 heteroatoms. The van der Waals surface area contributed by atoms with Gasteiger partial charge in [0.15, 0.2) is 0 Å². The van der Waals surface area contributed by atoms with E-state index in [0.29, 0.717) is 17.9 Å². The summed E-state index contributed by atoms with van der Waals surface area (Å²) in [5, 5.41) is 4.84. The smallest absolute Gasteiger partial charge is 0.138 e. The van der Waals surface area contributed by atoms with Crippen molar-refractivity contribution in [1.82, 2.24) is 9.78 Å². The molecule has 3 nitrogen and oxygen atoms in total. The minimum absolute atomic E-state index is 0.256. The van der Waals surface area contributed by atoms with Crippen molar-refractivity contribution in [2.75, 3.05) is 0 Å². The predicted molar refractivity (Wildman–Crippen MR) is 70.4 cm³/mol. The van der Waals surface area contributed by atoms with Gasteiger partial charge in [0.1, 0.15) is 5.78 Å². The Hall–Kier alpha value is -0.830. The molecule has 0 saturated heterocycles. The van der Waals surface area contributed by atoms with Crippen molar-refractivity contribution in [1.29, 1.82) is 0 Å². The molecule has 1 rings (SSSR count). The molecule has 0 N–H and O–H groups in total. The Morgan fingerprint density at radius 1 is 1.35 bits per heavy atom. The monoisotopic (exact) mass is 256 g/mol. The van der Waals surface area contributed by atoms with E-state index in [1.54, 1.807) is 4.68 Å². The third-order valence-corrected chi connectivity index (χ3v) is 3.43. The number of hydrogen-bond donors (Lipinski definition) is 0. The molecule has 0 atom stereocenters. The molecular formula is C13H21ClN2O. The van der Waals surface area contributed by atoms with Gasteiger partial charge in [-0.1, -0.05) is 37.8 Å². The number of aryl methyl sites for hydroxylation is 2. The van der Waals surface area contributed by atoms with Gasteiger partial charge in [-0.15, -0.1) is 0 Å². The van der Waals surface area contributed by atoms with Crippen molar-refractivity contribution in [3.05, 3.63) is 16.4 Å². The second-order valence-corrected chi connectivity index (χ2v) is 4.87. The van der Waals surface area contributed by atoms with Crippen molar-refractivity contribution in [3.63, 3.8) is 0 Å². The number of halogens is 1. The average Bonchev–Trinajstić information content (AvgIpc) is 2.52. The average molecular weight is 257 g/mol. The van der Waals surface area contributed by atoms with Crippen molar-refractivity contribution < 1.29 is 4.79 Å². The predicted octanol–water partition coefficient (Wildman–Crippen LogP) is 3.46. The molecule has 0 bridgehead atoms. The third-order valence-electron chi connectivity index (χ3n) is 2.94. The van der Waals surface area contributed by atoms with Crippen molar-refractivity contribution in [3.8, 4) is 0 Å². The number of nitrogens with zero attached hydrogens (tertiary/aromatic N) is 2. The van der Waals surface area contributed by atoms with Gasteiger partial charge < -0.3 is 0 Å². The highest BCUT2D eigenvalue weighted by molar-refractivity contribution is 6.32. The molecular weight excluding hydrogens is 236 g/mol. The number of Topliss-reactive ketones (excluding diaryl/α,β-unsaturated/α-hetero) is 1. The molecule has 0 unspecified atom stereocenters. The molecule has 0 fully saturated rings. The highest BCUT2D eigenvalue weighted by atomic mass is 35.5. The van der Waals surface area contributed by atoms with E-state index in [9.17, 15) is 4.79 Å². The fraction of sp³-hybridized carbons (Fsp3) is 0.692. The van der Waals surface area contributed by atoms with E-state index in [0.717, 1.165) is 24.2 Å². The van der Waals surface area contributed by atoms with E-state index in [1.807, 2.05) is 14.0 Å². The van der Waals surface area contributed by atoms with Crippen molar-refractivity contribution >= 4 is 17.4 Å². The lowest BCUT2D eigenvalue weighted by Gasteiger charge is -2.02. The number of rotatable bonds is 7. The molecule has 1 aromatic heterocycles. The molecule has 0 amide bonds. The van der Waals surface area contributed by atoms with Gasteiger partial charge >= 0.3 is 0 Å². The summed E-state index contributed by atoms with van der Waals surface area (Å²) in [5.74, 6) is 0.256. The summed E-state index contributed by atoms with van der Waals surface area (Å²) in [6.07, 6.45) is 5.59. The van der Waals surface area contributed by atoms with Gasteiger partial charge in [0.25, 0.3) is 0 Å². The van der Waals surface area contributed by atoms with E-state index in [1.165, 1.54) is 12.8 Å². The lowest BCUT2D eigenvalue weighted by Crippen LogP contribution is -2.07. The lowest BCUT2D eigenvalue weighted by molar-refractivity contribution is -0.118. The lowest BCUT2D eigenvalue weighted by atomic mass is 10.1. The van der Waals surface area contributed by atoms with Gasteiger partial charge in [0, 0.05) is 19.9 Å². The maximum Gasteiger partial charge on any atom is 0.138 e. The van der Waals surface area contributed by atoms with E-state index < -0.39 is 0 Å². The Kier molecular flexibility index (Phi) is 5.69. The first-order chi connectivity index (χ1) is 8.06. The van der Waals surface area contributed by atoms with Crippen LogP contribution >= 0.6 is 11.6 Å². The van der Waals surface area contributed by atoms with Crippen LogP contribution in [-0.2, 0) is 18.3 Å². The zero-order valence-corrected chi connectivity index (χ0v) is 11.7. The zero-order chi connectivity index (χ0) is 12.8. The Labute approximate surface area is 108 Å². The van der Waals surface area contributed by atoms with Crippen LogP contribution in [0.5, 0.6) is 0 Å². The molecule has 0 aliphatic heterocycles. The van der Waals surface area contributed by atoms with Gasteiger partial charge in [0.05, 0.1) is 16.4 Å². The van der Waals surface area contributed by atoms with Crippen molar-refractivity contribution in [2.45, 2.75) is 52.4 Å². The summed E-state index contributed by atoms with van der Waals surface area (Å²) in [4.78, 5) is 11.8. The maximum absolute atomic E-state index is 11.8. The maximum atomic E-state index is 11.8. The number of carbonyl (C=O) groups excluding carboxylic acids is 1. The van der Waals surface area contributed by atoms with Crippen molar-refractivity contribution in [2.24, 2.45) is 7.05 Å². The standard InChI is InChI=1S/C13H21ClN2O/c1-4-5-6-7-8-11(17)9-12-13(14)10(2)15-16(12)3/h4-9H2,1-3H3. The summed E-state index contributed by atoms with van der Waals surface area (Å²) in [5.41, 5.74) is 1.63. The Balaban J connectivity index is 2.45. The largest absolute Gasteiger partial charge is 0.299 e. The molecule has 17 heavy (non-hydrogen) atoms. The van der Waals surface area contributed by atoms with Crippen LogP contribution in [0, 0.1) is 6.92 Å². The summed E-state index contributed by atoms with van der Waals surface area (Å²) in [6.45, 7) is 4.03. The summed E-state index contributed by atoms with van der Waals surface area (Å²) in [6, 6.07) is 0. The SMILES string of the molecule is CCCCCCC(=O)Cc1c(Cl)c(C)nn1C. The van der Waals surface area contributed by atoms with Gasteiger partial charge in [-0.05, 0) is 13.3 Å². The molecule has 0 aliphatic carbocycles. The molecule has 96 valence electrons. The fourth-order valence-corrected chi connectivity index (χ4v) is 2.12. The number of aromatic nitrogens is 2. The van der Waals surface area contributed by atoms with Crippen LogP contribution in [0.4, 0.5) is 0 Å². The Morgan fingerprint density at radius 2 is 2.06 bits per heavy atom. The summed E-state index contributed by atoms with van der Waals surface area (Å²) >= 11 is 6.11. The van der Waals surface area contributed by atoms with Crippen LogP contribution in [0.2, 0.25) is 5.02 Å². The van der Waals surface area contributed by atoms with Crippen LogP contribution in [0.3, 0.4) is 0 Å². The van der Waals surface area contributed by atoms with Gasteiger partial charge in [-0.2, -0.15) is 5.10 Å². The highest BCUT2D eigenvalue weighted by Crippen LogP contribution is 2.20. The topological polar surface area (TPSA) is 34.9 Å². The number of unbranched alkanes of at least 4 members (excludes halogenated alkanes) is 3. The minimum Gasteiger partial charge on any atom is -0.299 e. The molecule has 0 aromatic carbocycles. The first kappa shape index (κ1) is 14.2. The van der Waals surface area contributed by atoms with E-state index in [4.69, 9.17) is 11.6 Å². The van der Waals surface area contributed by atoms with Crippen LogP contribution in [0.1, 0.15) is 50.4 Å². The Bertz CT molecular complexity index is 385.